The Morgan fingerprint density at radius 1 is 1.33 bits per heavy atom. The van der Waals surface area contributed by atoms with E-state index >= 15 is 0 Å². The highest BCUT2D eigenvalue weighted by Crippen LogP contribution is 2.38. The predicted octanol–water partition coefficient (Wildman–Crippen LogP) is 3.27. The van der Waals surface area contributed by atoms with E-state index in [4.69, 9.17) is 4.74 Å². The van der Waals surface area contributed by atoms with Crippen LogP contribution in [0, 0.1) is 0 Å². The van der Waals surface area contributed by atoms with E-state index in [2.05, 4.69) is 15.9 Å². The molecule has 6 heteroatoms. The van der Waals surface area contributed by atoms with E-state index in [1.165, 1.54) is 6.07 Å². The second-order valence-electron chi connectivity index (χ2n) is 3.02. The average Bonchev–Trinajstić information content (AvgIpc) is 2.41. The zero-order valence-corrected chi connectivity index (χ0v) is 8.72. The van der Waals surface area contributed by atoms with Crippen LogP contribution in [-0.2, 0) is 10.9 Å². The summed E-state index contributed by atoms with van der Waals surface area (Å²) in [5, 5.41) is -0.651. The SMILES string of the molecule is O=C1OC(Br)c2ccc(C(F)(F)F)cc21. The van der Waals surface area contributed by atoms with Crippen LogP contribution in [0.4, 0.5) is 13.2 Å². The molecule has 0 saturated carbocycles. The smallest absolute Gasteiger partial charge is 0.416 e. The molecule has 1 atom stereocenters. The number of carbonyl (C=O) groups is 1. The lowest BCUT2D eigenvalue weighted by molar-refractivity contribution is -0.137. The highest BCUT2D eigenvalue weighted by Gasteiger charge is 2.35. The summed E-state index contributed by atoms with van der Waals surface area (Å²) in [5.41, 5.74) is -0.459. The molecule has 0 radical (unpaired) electrons. The molecule has 0 aliphatic carbocycles. The number of hydrogen-bond donors (Lipinski definition) is 0. The summed E-state index contributed by atoms with van der Waals surface area (Å²) in [5.74, 6) is -0.738. The Hall–Kier alpha value is -1.04. The largest absolute Gasteiger partial charge is 0.442 e. The number of hydrogen-bond acceptors (Lipinski definition) is 2. The summed E-state index contributed by atoms with van der Waals surface area (Å²) >= 11 is 3.03. The summed E-state index contributed by atoms with van der Waals surface area (Å²) in [7, 11) is 0. The quantitative estimate of drug-likeness (QED) is 0.539. The zero-order chi connectivity index (χ0) is 11.2. The normalized spacial score (nSPS) is 20.0. The third kappa shape index (κ3) is 1.73. The van der Waals surface area contributed by atoms with Crippen molar-refractivity contribution in [2.75, 3.05) is 0 Å². The second kappa shape index (κ2) is 3.23. The lowest BCUT2D eigenvalue weighted by Gasteiger charge is -2.07. The maximum Gasteiger partial charge on any atom is 0.416 e. The molecule has 1 aromatic carbocycles. The van der Waals surface area contributed by atoms with Gasteiger partial charge in [-0.25, -0.2) is 4.79 Å². The molecule has 1 aliphatic heterocycles. The Kier molecular flexibility index (Phi) is 2.26. The van der Waals surface area contributed by atoms with E-state index in [1.54, 1.807) is 0 Å². The molecule has 0 N–H and O–H groups in total. The molecule has 2 nitrogen and oxygen atoms in total. The highest BCUT2D eigenvalue weighted by molar-refractivity contribution is 9.09. The Morgan fingerprint density at radius 3 is 2.60 bits per heavy atom. The average molecular weight is 281 g/mol. The summed E-state index contributed by atoms with van der Waals surface area (Å²) in [4.78, 5) is 11.1. The van der Waals surface area contributed by atoms with Crippen LogP contribution in [0.15, 0.2) is 18.2 Å². The van der Waals surface area contributed by atoms with Crippen molar-refractivity contribution in [2.45, 2.75) is 11.2 Å². The third-order valence-electron chi connectivity index (χ3n) is 2.06. The van der Waals surface area contributed by atoms with E-state index in [0.717, 1.165) is 12.1 Å². The Bertz CT molecular complexity index is 428. The first-order chi connectivity index (χ1) is 6.89. The van der Waals surface area contributed by atoms with E-state index < -0.39 is 22.7 Å². The van der Waals surface area contributed by atoms with Gasteiger partial charge in [-0.15, -0.1) is 0 Å². The summed E-state index contributed by atoms with van der Waals surface area (Å²) in [6.45, 7) is 0. The van der Waals surface area contributed by atoms with Crippen molar-refractivity contribution >= 4 is 21.9 Å². The van der Waals surface area contributed by atoms with Gasteiger partial charge in [0.15, 0.2) is 5.01 Å². The third-order valence-corrected chi connectivity index (χ3v) is 2.74. The molecule has 1 aliphatic rings. The molecule has 0 amide bonds. The molecule has 0 bridgehead atoms. The van der Waals surface area contributed by atoms with E-state index in [0.29, 0.717) is 5.56 Å². The molecule has 0 aromatic heterocycles. The number of fused-ring (bicyclic) bond motifs is 1. The number of esters is 1. The molecule has 0 saturated heterocycles. The van der Waals surface area contributed by atoms with Crippen LogP contribution >= 0.6 is 15.9 Å². The van der Waals surface area contributed by atoms with Crippen molar-refractivity contribution in [3.63, 3.8) is 0 Å². The standard InChI is InChI=1S/C9H4BrF3O2/c10-7-5-2-1-4(9(11,12)13)3-6(5)8(14)15-7/h1-3,7H. The number of rotatable bonds is 0. The van der Waals surface area contributed by atoms with Gasteiger partial charge in [0.05, 0.1) is 11.1 Å². The van der Waals surface area contributed by atoms with Gasteiger partial charge in [-0.2, -0.15) is 13.2 Å². The van der Waals surface area contributed by atoms with Crippen molar-refractivity contribution in [3.8, 4) is 0 Å². The van der Waals surface area contributed by atoms with E-state index in [1.807, 2.05) is 0 Å². The molecule has 0 spiro atoms. The second-order valence-corrected chi connectivity index (χ2v) is 3.85. The molecule has 1 unspecified atom stereocenters. The Morgan fingerprint density at radius 2 is 2.00 bits per heavy atom. The van der Waals surface area contributed by atoms with Gasteiger partial charge in [0.1, 0.15) is 0 Å². The fourth-order valence-corrected chi connectivity index (χ4v) is 1.90. The monoisotopic (exact) mass is 280 g/mol. The first-order valence-corrected chi connectivity index (χ1v) is 4.87. The lowest BCUT2D eigenvalue weighted by Crippen LogP contribution is -2.06. The molecule has 2 rings (SSSR count). The number of ether oxygens (including phenoxy) is 1. The number of carbonyl (C=O) groups excluding carboxylic acids is 1. The minimum Gasteiger partial charge on any atom is -0.442 e. The highest BCUT2D eigenvalue weighted by atomic mass is 79.9. The van der Waals surface area contributed by atoms with Gasteiger partial charge in [0.25, 0.3) is 0 Å². The number of halogens is 4. The lowest BCUT2D eigenvalue weighted by atomic mass is 10.1. The van der Waals surface area contributed by atoms with Crippen LogP contribution in [0.1, 0.15) is 26.5 Å². The van der Waals surface area contributed by atoms with Crippen molar-refractivity contribution in [1.82, 2.24) is 0 Å². The van der Waals surface area contributed by atoms with Gasteiger partial charge >= 0.3 is 12.1 Å². The van der Waals surface area contributed by atoms with Gasteiger partial charge in [-0.05, 0) is 28.1 Å². The molecule has 0 fully saturated rings. The van der Waals surface area contributed by atoms with Crippen molar-refractivity contribution < 1.29 is 22.7 Å². The van der Waals surface area contributed by atoms with Crippen molar-refractivity contribution in [1.29, 1.82) is 0 Å². The van der Waals surface area contributed by atoms with Gasteiger partial charge in [-0.1, -0.05) is 6.07 Å². The first-order valence-electron chi connectivity index (χ1n) is 3.96. The molecular formula is C9H4BrF3O2. The van der Waals surface area contributed by atoms with Crippen LogP contribution in [0.5, 0.6) is 0 Å². The van der Waals surface area contributed by atoms with Gasteiger partial charge in [0, 0.05) is 5.56 Å². The topological polar surface area (TPSA) is 26.3 Å². The van der Waals surface area contributed by atoms with Crippen LogP contribution < -0.4 is 0 Å². The van der Waals surface area contributed by atoms with Gasteiger partial charge < -0.3 is 4.74 Å². The maximum absolute atomic E-state index is 12.3. The molecular weight excluding hydrogens is 277 g/mol. The van der Waals surface area contributed by atoms with Crippen LogP contribution in [-0.4, -0.2) is 5.97 Å². The predicted molar refractivity (Wildman–Crippen MR) is 48.5 cm³/mol. The fourth-order valence-electron chi connectivity index (χ4n) is 1.33. The van der Waals surface area contributed by atoms with Crippen LogP contribution in [0.2, 0.25) is 0 Å². The number of cyclic esters (lactones) is 1. The minimum atomic E-state index is -4.44. The molecule has 80 valence electrons. The Balaban J connectivity index is 2.52. The summed E-state index contributed by atoms with van der Waals surface area (Å²) in [6, 6.07) is 2.97. The van der Waals surface area contributed by atoms with Gasteiger partial charge in [-0.3, -0.25) is 0 Å². The van der Waals surface area contributed by atoms with Crippen LogP contribution in [0.25, 0.3) is 0 Å². The first kappa shape index (κ1) is 10.5. The fraction of sp³-hybridized carbons (Fsp3) is 0.222. The summed E-state index contributed by atoms with van der Waals surface area (Å²) < 4.78 is 41.7. The molecule has 1 aromatic rings. The van der Waals surface area contributed by atoms with Gasteiger partial charge in [0.2, 0.25) is 0 Å². The van der Waals surface area contributed by atoms with Crippen molar-refractivity contribution in [3.05, 3.63) is 34.9 Å². The minimum absolute atomic E-state index is 0.0355. The number of alkyl halides is 4. The zero-order valence-electron chi connectivity index (χ0n) is 7.14. The van der Waals surface area contributed by atoms with E-state index in [-0.39, 0.29) is 5.56 Å². The maximum atomic E-state index is 12.3. The molecule has 15 heavy (non-hydrogen) atoms. The van der Waals surface area contributed by atoms with E-state index in [9.17, 15) is 18.0 Å². The van der Waals surface area contributed by atoms with Crippen molar-refractivity contribution in [2.24, 2.45) is 0 Å². The number of benzene rings is 1. The summed E-state index contributed by atoms with van der Waals surface area (Å²) in [6.07, 6.45) is -4.44. The Labute approximate surface area is 91.2 Å². The van der Waals surface area contributed by atoms with Crippen LogP contribution in [0.3, 0.4) is 0 Å². The molecule has 1 heterocycles.